The minimum Gasteiger partial charge on any atom is -0.346 e. The summed E-state index contributed by atoms with van der Waals surface area (Å²) in [6, 6.07) is 10.3. The van der Waals surface area contributed by atoms with Crippen molar-refractivity contribution in [3.05, 3.63) is 57.8 Å². The molecule has 0 bridgehead atoms. The molecule has 1 aliphatic rings. The Kier molecular flexibility index (Phi) is 6.37. The highest BCUT2D eigenvalue weighted by Crippen LogP contribution is 2.26. The number of rotatable bonds is 3. The van der Waals surface area contributed by atoms with Crippen molar-refractivity contribution in [2.45, 2.75) is 4.90 Å². The minimum atomic E-state index is -3.65. The summed E-state index contributed by atoms with van der Waals surface area (Å²) >= 11 is 15.0. The van der Waals surface area contributed by atoms with Crippen LogP contribution in [0.1, 0.15) is 0 Å². The van der Waals surface area contributed by atoms with E-state index in [1.54, 1.807) is 6.07 Å². The topological polar surface area (TPSA) is 52.7 Å². The van der Waals surface area contributed by atoms with E-state index in [0.29, 0.717) is 28.9 Å². The second kappa shape index (κ2) is 8.40. The van der Waals surface area contributed by atoms with E-state index in [0.717, 1.165) is 16.6 Å². The molecule has 27 heavy (non-hydrogen) atoms. The Bertz CT molecular complexity index is 949. The van der Waals surface area contributed by atoms with Crippen LogP contribution in [0.5, 0.6) is 0 Å². The van der Waals surface area contributed by atoms with Crippen LogP contribution in [-0.4, -0.2) is 48.9 Å². The SMILES string of the molecule is O=S(=O)(c1ccc(F)cc1)N1CCN(C(=S)Nc2ccc(Br)cc2Cl)CC1. The van der Waals surface area contributed by atoms with Crippen LogP contribution in [0.2, 0.25) is 5.02 Å². The molecule has 0 aromatic heterocycles. The van der Waals surface area contributed by atoms with Gasteiger partial charge in [0.05, 0.1) is 15.6 Å². The van der Waals surface area contributed by atoms with Gasteiger partial charge in [0.1, 0.15) is 5.82 Å². The van der Waals surface area contributed by atoms with E-state index in [1.165, 1.54) is 16.4 Å². The third-order valence-electron chi connectivity index (χ3n) is 4.15. The third kappa shape index (κ3) is 4.78. The summed E-state index contributed by atoms with van der Waals surface area (Å²) in [4.78, 5) is 1.98. The van der Waals surface area contributed by atoms with Crippen molar-refractivity contribution in [2.75, 3.05) is 31.5 Å². The summed E-state index contributed by atoms with van der Waals surface area (Å²) in [6.45, 7) is 1.46. The zero-order valence-electron chi connectivity index (χ0n) is 14.0. The molecule has 0 radical (unpaired) electrons. The third-order valence-corrected chi connectivity index (χ3v) is 7.23. The van der Waals surface area contributed by atoms with Gasteiger partial charge in [-0.05, 0) is 54.7 Å². The first kappa shape index (κ1) is 20.5. The standard InChI is InChI=1S/C17H16BrClFN3O2S2/c18-12-1-6-16(15(19)11-12)21-17(26)22-7-9-23(10-8-22)27(24,25)14-4-2-13(20)3-5-14/h1-6,11H,7-10H2,(H,21,26). The first-order chi connectivity index (χ1) is 12.8. The van der Waals surface area contributed by atoms with Gasteiger partial charge in [-0.1, -0.05) is 27.5 Å². The Morgan fingerprint density at radius 1 is 1.11 bits per heavy atom. The van der Waals surface area contributed by atoms with Crippen LogP contribution < -0.4 is 5.32 Å². The summed E-state index contributed by atoms with van der Waals surface area (Å²) in [7, 11) is -3.65. The molecule has 0 unspecified atom stereocenters. The molecule has 0 amide bonds. The Hall–Kier alpha value is -1.26. The Morgan fingerprint density at radius 2 is 1.74 bits per heavy atom. The number of nitrogens with one attached hydrogen (secondary N) is 1. The lowest BCUT2D eigenvalue weighted by molar-refractivity contribution is 0.268. The highest BCUT2D eigenvalue weighted by Gasteiger charge is 2.29. The molecule has 0 spiro atoms. The summed E-state index contributed by atoms with van der Waals surface area (Å²) in [5.41, 5.74) is 0.686. The van der Waals surface area contributed by atoms with Crippen molar-refractivity contribution in [3.8, 4) is 0 Å². The molecule has 1 heterocycles. The fourth-order valence-corrected chi connectivity index (χ4v) is 5.11. The van der Waals surface area contributed by atoms with Crippen LogP contribution in [0.25, 0.3) is 0 Å². The molecule has 1 fully saturated rings. The van der Waals surface area contributed by atoms with Crippen LogP contribution in [0.3, 0.4) is 0 Å². The molecule has 1 saturated heterocycles. The smallest absolute Gasteiger partial charge is 0.243 e. The highest BCUT2D eigenvalue weighted by atomic mass is 79.9. The van der Waals surface area contributed by atoms with Crippen LogP contribution in [0.4, 0.5) is 10.1 Å². The van der Waals surface area contributed by atoms with Crippen molar-refractivity contribution in [2.24, 2.45) is 0 Å². The second-order valence-corrected chi connectivity index (χ2v) is 9.55. The van der Waals surface area contributed by atoms with Crippen LogP contribution in [-0.2, 0) is 10.0 Å². The second-order valence-electron chi connectivity index (χ2n) is 5.90. The summed E-state index contributed by atoms with van der Waals surface area (Å²) in [5, 5.41) is 4.11. The van der Waals surface area contributed by atoms with E-state index in [9.17, 15) is 12.8 Å². The molecule has 0 atom stereocenters. The van der Waals surface area contributed by atoms with E-state index < -0.39 is 15.8 Å². The van der Waals surface area contributed by atoms with Gasteiger partial charge in [0.2, 0.25) is 10.0 Å². The predicted octanol–water partition coefficient (Wildman–Crippen LogP) is 3.94. The van der Waals surface area contributed by atoms with Gasteiger partial charge in [-0.15, -0.1) is 0 Å². The van der Waals surface area contributed by atoms with Crippen molar-refractivity contribution >= 4 is 60.6 Å². The lowest BCUT2D eigenvalue weighted by Gasteiger charge is -2.35. The molecular formula is C17H16BrClFN3O2S2. The highest BCUT2D eigenvalue weighted by molar-refractivity contribution is 9.10. The number of anilines is 1. The van der Waals surface area contributed by atoms with Crippen LogP contribution in [0.15, 0.2) is 51.8 Å². The van der Waals surface area contributed by atoms with Crippen molar-refractivity contribution in [3.63, 3.8) is 0 Å². The lowest BCUT2D eigenvalue weighted by Crippen LogP contribution is -2.51. The van der Waals surface area contributed by atoms with Crippen molar-refractivity contribution in [1.29, 1.82) is 0 Å². The zero-order valence-corrected chi connectivity index (χ0v) is 18.0. The maximum Gasteiger partial charge on any atom is 0.243 e. The van der Waals surface area contributed by atoms with Gasteiger partial charge < -0.3 is 10.2 Å². The molecule has 10 heteroatoms. The maximum absolute atomic E-state index is 13.0. The Morgan fingerprint density at radius 3 is 2.33 bits per heavy atom. The Balaban J connectivity index is 1.62. The quantitative estimate of drug-likeness (QED) is 0.658. The molecule has 0 saturated carbocycles. The van der Waals surface area contributed by atoms with E-state index in [2.05, 4.69) is 21.2 Å². The molecule has 1 N–H and O–H groups in total. The Labute approximate surface area is 176 Å². The van der Waals surface area contributed by atoms with Gasteiger partial charge in [-0.3, -0.25) is 0 Å². The fourth-order valence-electron chi connectivity index (χ4n) is 2.67. The van der Waals surface area contributed by atoms with Crippen LogP contribution in [0, 0.1) is 5.82 Å². The summed E-state index contributed by atoms with van der Waals surface area (Å²) < 4.78 is 40.6. The predicted molar refractivity (Wildman–Crippen MR) is 112 cm³/mol. The number of hydrogen-bond donors (Lipinski definition) is 1. The monoisotopic (exact) mass is 491 g/mol. The molecular weight excluding hydrogens is 477 g/mol. The number of piperazine rings is 1. The fraction of sp³-hybridized carbons (Fsp3) is 0.235. The number of nitrogens with zero attached hydrogens (tertiary/aromatic N) is 2. The molecule has 2 aromatic rings. The maximum atomic E-state index is 13.0. The largest absolute Gasteiger partial charge is 0.346 e. The van der Waals surface area contributed by atoms with Gasteiger partial charge in [0.25, 0.3) is 0 Å². The minimum absolute atomic E-state index is 0.0831. The number of benzene rings is 2. The normalized spacial score (nSPS) is 15.6. The summed E-state index contributed by atoms with van der Waals surface area (Å²) in [6.07, 6.45) is 0. The number of sulfonamides is 1. The number of halogens is 3. The molecule has 5 nitrogen and oxygen atoms in total. The first-order valence-electron chi connectivity index (χ1n) is 8.04. The summed E-state index contributed by atoms with van der Waals surface area (Å²) in [5.74, 6) is -0.471. The first-order valence-corrected chi connectivity index (χ1v) is 11.1. The van der Waals surface area contributed by atoms with Crippen molar-refractivity contribution in [1.82, 2.24) is 9.21 Å². The number of hydrogen-bond acceptors (Lipinski definition) is 3. The van der Waals surface area contributed by atoms with Crippen molar-refractivity contribution < 1.29 is 12.8 Å². The van der Waals surface area contributed by atoms with Gasteiger partial charge in [0.15, 0.2) is 5.11 Å². The molecule has 3 rings (SSSR count). The van der Waals surface area contributed by atoms with E-state index in [-0.39, 0.29) is 18.0 Å². The van der Waals surface area contributed by atoms with E-state index in [4.69, 9.17) is 23.8 Å². The lowest BCUT2D eigenvalue weighted by atomic mass is 10.3. The van der Waals surface area contributed by atoms with Gasteiger partial charge in [-0.25, -0.2) is 12.8 Å². The number of thiocarbonyl (C=S) groups is 1. The van der Waals surface area contributed by atoms with E-state index in [1.807, 2.05) is 17.0 Å². The van der Waals surface area contributed by atoms with E-state index >= 15 is 0 Å². The average Bonchev–Trinajstić information content (AvgIpc) is 2.64. The average molecular weight is 493 g/mol. The van der Waals surface area contributed by atoms with Crippen LogP contribution >= 0.6 is 39.7 Å². The molecule has 1 aliphatic heterocycles. The van der Waals surface area contributed by atoms with Gasteiger partial charge in [-0.2, -0.15) is 4.31 Å². The molecule has 144 valence electrons. The molecule has 0 aliphatic carbocycles. The zero-order chi connectivity index (χ0) is 19.6. The molecule has 2 aromatic carbocycles. The van der Waals surface area contributed by atoms with Gasteiger partial charge in [0, 0.05) is 30.7 Å². The van der Waals surface area contributed by atoms with Gasteiger partial charge >= 0.3 is 0 Å².